The zero-order chi connectivity index (χ0) is 31.6. The molecule has 0 radical (unpaired) electrons. The maximum Gasteiger partial charge on any atom is 0.343 e. The minimum absolute atomic E-state index is 0.0401. The van der Waals surface area contributed by atoms with Crippen LogP contribution in [0.15, 0.2) is 66.9 Å². The van der Waals surface area contributed by atoms with Crippen molar-refractivity contribution in [1.82, 2.24) is 4.90 Å². The molecule has 11 heteroatoms. The summed E-state index contributed by atoms with van der Waals surface area (Å²) in [6, 6.07) is 14.1. The molecule has 238 valence electrons. The summed E-state index contributed by atoms with van der Waals surface area (Å²) in [7, 11) is 0. The zero-order valence-electron chi connectivity index (χ0n) is 25.3. The Kier molecular flexibility index (Phi) is 14.9. The van der Waals surface area contributed by atoms with Gasteiger partial charge in [0.1, 0.15) is 11.9 Å². The van der Waals surface area contributed by atoms with E-state index in [9.17, 15) is 19.7 Å². The smallest absolute Gasteiger partial charge is 0.343 e. The predicted octanol–water partition coefficient (Wildman–Crippen LogP) is 5.93. The first-order valence-corrected chi connectivity index (χ1v) is 15.0. The first-order valence-electron chi connectivity index (χ1n) is 15.0. The fraction of sp³-hybridized carbons (Fsp3) is 0.455. The molecule has 1 heterocycles. The highest BCUT2D eigenvalue weighted by Gasteiger charge is 2.22. The number of unbranched alkanes of at least 4 members (excludes halogenated alkanes) is 2. The number of hydrogen-bond acceptors (Lipinski definition) is 10. The van der Waals surface area contributed by atoms with Crippen molar-refractivity contribution in [2.45, 2.75) is 51.6 Å². The van der Waals surface area contributed by atoms with Crippen molar-refractivity contribution >= 4 is 18.0 Å². The highest BCUT2D eigenvalue weighted by atomic mass is 16.9. The van der Waals surface area contributed by atoms with Crippen LogP contribution in [0, 0.1) is 10.1 Å². The van der Waals surface area contributed by atoms with Crippen LogP contribution in [0.5, 0.6) is 5.75 Å². The van der Waals surface area contributed by atoms with Gasteiger partial charge in [-0.15, -0.1) is 10.1 Å². The van der Waals surface area contributed by atoms with Crippen LogP contribution in [0.3, 0.4) is 0 Å². The summed E-state index contributed by atoms with van der Waals surface area (Å²) in [5.41, 5.74) is 1.92. The number of nitrogens with zero attached hydrogens (tertiary/aromatic N) is 2. The first-order chi connectivity index (χ1) is 21.4. The standard InChI is InChI=1S/C33H42N2O9/c1-3-4-11-31(43-26(2)18-19-34-20-24-40-25-21-34)29-9-5-6-10-30(29)33(37)44-28-15-12-27(13-16-28)14-17-32(36)41-22-7-8-23-42-35(38)39/h5-6,9-10,12-17,31H,2-4,7-8,11,18-25H2,1H3/b17-14+. The fourth-order valence-electron chi connectivity index (χ4n) is 4.54. The van der Waals surface area contributed by atoms with Gasteiger partial charge >= 0.3 is 11.9 Å². The van der Waals surface area contributed by atoms with E-state index in [0.717, 1.165) is 57.7 Å². The van der Waals surface area contributed by atoms with Crippen molar-refractivity contribution in [3.05, 3.63) is 93.7 Å². The van der Waals surface area contributed by atoms with Gasteiger partial charge in [-0.3, -0.25) is 4.90 Å². The molecule has 0 aliphatic carbocycles. The van der Waals surface area contributed by atoms with Gasteiger partial charge in [-0.25, -0.2) is 9.59 Å². The number of benzene rings is 2. The van der Waals surface area contributed by atoms with Crippen molar-refractivity contribution < 1.29 is 38.5 Å². The molecule has 1 atom stereocenters. The Hall–Kier alpha value is -4.22. The first kappa shape index (κ1) is 34.3. The second-order valence-corrected chi connectivity index (χ2v) is 10.3. The monoisotopic (exact) mass is 610 g/mol. The average Bonchev–Trinajstić information content (AvgIpc) is 3.03. The van der Waals surface area contributed by atoms with E-state index in [1.807, 2.05) is 12.1 Å². The maximum absolute atomic E-state index is 13.3. The van der Waals surface area contributed by atoms with E-state index in [1.165, 1.54) is 6.08 Å². The summed E-state index contributed by atoms with van der Waals surface area (Å²) in [6.45, 7) is 10.5. The van der Waals surface area contributed by atoms with Crippen LogP contribution in [-0.4, -0.2) is 68.0 Å². The third kappa shape index (κ3) is 12.6. The van der Waals surface area contributed by atoms with Gasteiger partial charge in [-0.2, -0.15) is 0 Å². The lowest BCUT2D eigenvalue weighted by molar-refractivity contribution is -0.757. The zero-order valence-corrected chi connectivity index (χ0v) is 25.3. The summed E-state index contributed by atoms with van der Waals surface area (Å²) in [5, 5.41) is 9.26. The second-order valence-electron chi connectivity index (χ2n) is 10.3. The Morgan fingerprint density at radius 2 is 1.80 bits per heavy atom. The number of hydrogen-bond donors (Lipinski definition) is 0. The Labute approximate surface area is 258 Å². The molecule has 0 aromatic heterocycles. The topological polar surface area (TPSA) is 127 Å². The molecule has 2 aromatic rings. The van der Waals surface area contributed by atoms with Gasteiger partial charge in [-0.05, 0) is 55.5 Å². The number of esters is 2. The van der Waals surface area contributed by atoms with Crippen molar-refractivity contribution in [3.8, 4) is 5.75 Å². The van der Waals surface area contributed by atoms with Crippen molar-refractivity contribution in [1.29, 1.82) is 0 Å². The Morgan fingerprint density at radius 1 is 1.07 bits per heavy atom. The van der Waals surface area contributed by atoms with Crippen LogP contribution in [0.1, 0.15) is 73.0 Å². The molecule has 11 nitrogen and oxygen atoms in total. The lowest BCUT2D eigenvalue weighted by Gasteiger charge is -2.28. The molecular formula is C33H42N2O9. The molecule has 1 aliphatic rings. The van der Waals surface area contributed by atoms with Gasteiger partial charge in [0.15, 0.2) is 0 Å². The second kappa shape index (κ2) is 19.1. The van der Waals surface area contributed by atoms with E-state index in [1.54, 1.807) is 42.5 Å². The predicted molar refractivity (Wildman–Crippen MR) is 164 cm³/mol. The Balaban J connectivity index is 1.55. The molecule has 0 spiro atoms. The quantitative estimate of drug-likeness (QED) is 0.0359. The van der Waals surface area contributed by atoms with E-state index in [-0.39, 0.29) is 19.3 Å². The molecular weight excluding hydrogens is 568 g/mol. The lowest BCUT2D eigenvalue weighted by atomic mass is 9.98. The maximum atomic E-state index is 13.3. The Morgan fingerprint density at radius 3 is 2.52 bits per heavy atom. The lowest BCUT2D eigenvalue weighted by Crippen LogP contribution is -2.37. The molecule has 0 bridgehead atoms. The third-order valence-corrected chi connectivity index (χ3v) is 6.95. The summed E-state index contributed by atoms with van der Waals surface area (Å²) in [6.07, 6.45) is 6.78. The SMILES string of the molecule is C=C(CCN1CCOCC1)OC(CCCC)c1ccccc1C(=O)Oc1ccc(/C=C/C(=O)OCCCCO[N+](=O)[O-])cc1. The Bertz CT molecular complexity index is 1240. The van der Waals surface area contributed by atoms with E-state index >= 15 is 0 Å². The van der Waals surface area contributed by atoms with Gasteiger partial charge in [0, 0.05) is 37.7 Å². The van der Waals surface area contributed by atoms with Crippen LogP contribution in [-0.2, 0) is 23.8 Å². The number of morpholine rings is 1. The van der Waals surface area contributed by atoms with Crippen LogP contribution < -0.4 is 4.74 Å². The van der Waals surface area contributed by atoms with E-state index in [0.29, 0.717) is 41.9 Å². The van der Waals surface area contributed by atoms with E-state index < -0.39 is 17.0 Å². The van der Waals surface area contributed by atoms with Crippen LogP contribution >= 0.6 is 0 Å². The number of carbonyl (C=O) groups is 2. The average molecular weight is 611 g/mol. The van der Waals surface area contributed by atoms with Gasteiger partial charge in [0.2, 0.25) is 0 Å². The molecule has 1 saturated heterocycles. The van der Waals surface area contributed by atoms with Crippen molar-refractivity contribution in [3.63, 3.8) is 0 Å². The molecule has 44 heavy (non-hydrogen) atoms. The van der Waals surface area contributed by atoms with Gasteiger partial charge in [0.05, 0.1) is 37.8 Å². The third-order valence-electron chi connectivity index (χ3n) is 6.95. The van der Waals surface area contributed by atoms with Gasteiger partial charge in [0.25, 0.3) is 5.09 Å². The van der Waals surface area contributed by atoms with Gasteiger partial charge < -0.3 is 23.8 Å². The minimum atomic E-state index is -0.854. The summed E-state index contributed by atoms with van der Waals surface area (Å²) >= 11 is 0. The highest BCUT2D eigenvalue weighted by molar-refractivity contribution is 5.93. The molecule has 0 saturated carbocycles. The molecule has 2 aromatic carbocycles. The fourth-order valence-corrected chi connectivity index (χ4v) is 4.54. The molecule has 0 amide bonds. The largest absolute Gasteiger partial charge is 0.491 e. The minimum Gasteiger partial charge on any atom is -0.491 e. The molecule has 3 rings (SSSR count). The summed E-state index contributed by atoms with van der Waals surface area (Å²) < 4.78 is 22.6. The molecule has 1 unspecified atom stereocenters. The number of ether oxygens (including phenoxy) is 4. The van der Waals surface area contributed by atoms with E-state index in [2.05, 4.69) is 23.2 Å². The van der Waals surface area contributed by atoms with E-state index in [4.69, 9.17) is 18.9 Å². The summed E-state index contributed by atoms with van der Waals surface area (Å²) in [5.74, 6) is 0.0361. The molecule has 1 aliphatic heterocycles. The van der Waals surface area contributed by atoms with Crippen LogP contribution in [0.25, 0.3) is 6.08 Å². The van der Waals surface area contributed by atoms with Crippen LogP contribution in [0.4, 0.5) is 0 Å². The van der Waals surface area contributed by atoms with Gasteiger partial charge in [-0.1, -0.05) is 50.3 Å². The summed E-state index contributed by atoms with van der Waals surface area (Å²) in [4.78, 5) is 41.9. The highest BCUT2D eigenvalue weighted by Crippen LogP contribution is 2.30. The number of carbonyl (C=O) groups excluding carboxylic acids is 2. The van der Waals surface area contributed by atoms with Crippen molar-refractivity contribution in [2.75, 3.05) is 46.1 Å². The normalized spacial score (nSPS) is 14.1. The van der Waals surface area contributed by atoms with Crippen LogP contribution in [0.2, 0.25) is 0 Å². The molecule has 0 N–H and O–H groups in total. The number of rotatable bonds is 19. The molecule has 1 fully saturated rings. The van der Waals surface area contributed by atoms with Crippen molar-refractivity contribution in [2.24, 2.45) is 0 Å².